The van der Waals surface area contributed by atoms with E-state index in [-0.39, 0.29) is 25.1 Å². The maximum absolute atomic E-state index is 13.2. The van der Waals surface area contributed by atoms with Gasteiger partial charge in [0, 0.05) is 5.56 Å². The number of amidine groups is 1. The van der Waals surface area contributed by atoms with Crippen LogP contribution in [0.5, 0.6) is 5.75 Å². The largest absolute Gasteiger partial charge is 0.489 e. The minimum atomic E-state index is -4.05. The molecule has 11 heteroatoms. The zero-order valence-corrected chi connectivity index (χ0v) is 22.5. The van der Waals surface area contributed by atoms with E-state index in [1.807, 2.05) is 6.07 Å². The van der Waals surface area contributed by atoms with Gasteiger partial charge in [-0.05, 0) is 78.6 Å². The number of halogens is 1. The Hall–Kier alpha value is -2.89. The van der Waals surface area contributed by atoms with Crippen LogP contribution in [-0.4, -0.2) is 58.3 Å². The lowest BCUT2D eigenvalue weighted by atomic mass is 10.1. The second-order valence-corrected chi connectivity index (χ2v) is 11.0. The molecule has 3 rings (SSSR count). The molecule has 1 heterocycles. The Bertz CT molecular complexity index is 1210. The first-order valence-corrected chi connectivity index (χ1v) is 14.0. The number of benzene rings is 2. The van der Waals surface area contributed by atoms with Crippen molar-refractivity contribution >= 4 is 49.5 Å². The monoisotopic (exact) mass is 578 g/mol. The lowest BCUT2D eigenvalue weighted by molar-refractivity contribution is -0.139. The Balaban J connectivity index is 1.85. The molecule has 0 bridgehead atoms. The number of ether oxygens (including phenoxy) is 2. The summed E-state index contributed by atoms with van der Waals surface area (Å²) in [6.45, 7) is 3.48. The van der Waals surface area contributed by atoms with E-state index in [0.29, 0.717) is 21.5 Å². The van der Waals surface area contributed by atoms with Crippen molar-refractivity contribution in [2.24, 2.45) is 5.73 Å². The summed E-state index contributed by atoms with van der Waals surface area (Å²) in [6, 6.07) is 12.1. The molecule has 4 N–H and O–H groups in total. The highest BCUT2D eigenvalue weighted by atomic mass is 79.9. The van der Waals surface area contributed by atoms with Crippen LogP contribution < -0.4 is 20.1 Å². The molecule has 0 spiro atoms. The lowest BCUT2D eigenvalue weighted by Crippen LogP contribution is -2.36. The van der Waals surface area contributed by atoms with Gasteiger partial charge in [0.15, 0.2) is 5.75 Å². The highest BCUT2D eigenvalue weighted by molar-refractivity contribution is 9.10. The molecule has 0 radical (unpaired) electrons. The number of rotatable bonds is 11. The molecule has 2 aromatic rings. The SMILES string of the molecule is CCOC(=O)CS(=O)(=O)N(C/C=C/c1cccc(C(=N)N)c1)c1ccc(OC2CCNCC2)c(Br)c1. The third-order valence-electron chi connectivity index (χ3n) is 5.50. The normalized spacial score (nSPS) is 14.5. The molecular weight excluding hydrogens is 548 g/mol. The second kappa shape index (κ2) is 12.9. The van der Waals surface area contributed by atoms with Crippen molar-refractivity contribution in [1.29, 1.82) is 5.41 Å². The van der Waals surface area contributed by atoms with Crippen LogP contribution in [0.2, 0.25) is 0 Å². The Morgan fingerprint density at radius 1 is 1.25 bits per heavy atom. The van der Waals surface area contributed by atoms with Gasteiger partial charge in [-0.3, -0.25) is 14.5 Å². The number of hydrogen-bond acceptors (Lipinski definition) is 7. The number of anilines is 1. The van der Waals surface area contributed by atoms with Crippen molar-refractivity contribution in [1.82, 2.24) is 5.32 Å². The van der Waals surface area contributed by atoms with E-state index in [4.69, 9.17) is 20.6 Å². The number of piperidine rings is 1. The molecule has 0 amide bonds. The van der Waals surface area contributed by atoms with Crippen LogP contribution in [0.3, 0.4) is 0 Å². The Labute approximate surface area is 220 Å². The zero-order valence-electron chi connectivity index (χ0n) is 20.1. The maximum atomic E-state index is 13.2. The third kappa shape index (κ3) is 7.81. The van der Waals surface area contributed by atoms with Gasteiger partial charge in [0.25, 0.3) is 0 Å². The fourth-order valence-electron chi connectivity index (χ4n) is 3.74. The summed E-state index contributed by atoms with van der Waals surface area (Å²) in [6.07, 6.45) is 5.29. The first-order chi connectivity index (χ1) is 17.2. The lowest BCUT2D eigenvalue weighted by Gasteiger charge is -2.26. The van der Waals surface area contributed by atoms with E-state index in [0.717, 1.165) is 35.8 Å². The van der Waals surface area contributed by atoms with E-state index in [1.165, 1.54) is 0 Å². The van der Waals surface area contributed by atoms with Gasteiger partial charge >= 0.3 is 5.97 Å². The molecular formula is C25H31BrN4O5S. The maximum Gasteiger partial charge on any atom is 0.323 e. The number of nitrogens with one attached hydrogen (secondary N) is 2. The first-order valence-electron chi connectivity index (χ1n) is 11.6. The molecule has 194 valence electrons. The fourth-order valence-corrected chi connectivity index (χ4v) is 5.48. The molecule has 0 aromatic heterocycles. The van der Waals surface area contributed by atoms with Crippen molar-refractivity contribution in [2.45, 2.75) is 25.9 Å². The van der Waals surface area contributed by atoms with Crippen molar-refractivity contribution in [3.8, 4) is 5.75 Å². The Morgan fingerprint density at radius 3 is 2.67 bits per heavy atom. The van der Waals surface area contributed by atoms with Crippen molar-refractivity contribution in [3.05, 3.63) is 64.1 Å². The average molecular weight is 580 g/mol. The van der Waals surface area contributed by atoms with Crippen LogP contribution in [0.1, 0.15) is 30.9 Å². The van der Waals surface area contributed by atoms with Crippen LogP contribution in [0.25, 0.3) is 6.08 Å². The summed E-state index contributed by atoms with van der Waals surface area (Å²) in [5.41, 5.74) is 7.27. The number of esters is 1. The molecule has 1 aliphatic rings. The number of sulfonamides is 1. The molecule has 36 heavy (non-hydrogen) atoms. The summed E-state index contributed by atoms with van der Waals surface area (Å²) < 4.78 is 39.2. The summed E-state index contributed by atoms with van der Waals surface area (Å²) in [5.74, 6) is -1.02. The molecule has 0 atom stereocenters. The van der Waals surface area contributed by atoms with E-state index in [9.17, 15) is 13.2 Å². The van der Waals surface area contributed by atoms with Gasteiger partial charge < -0.3 is 20.5 Å². The minimum absolute atomic E-state index is 0.0209. The van der Waals surface area contributed by atoms with Crippen LogP contribution in [0.15, 0.2) is 53.0 Å². The molecule has 0 aliphatic carbocycles. The molecule has 2 aromatic carbocycles. The van der Waals surface area contributed by atoms with Crippen molar-refractivity contribution in [3.63, 3.8) is 0 Å². The number of nitrogens with two attached hydrogens (primary N) is 1. The Kier molecular flexibility index (Phi) is 9.91. The number of nitrogen functional groups attached to an aromatic ring is 1. The average Bonchev–Trinajstić information content (AvgIpc) is 2.83. The zero-order chi connectivity index (χ0) is 26.1. The van der Waals surface area contributed by atoms with Gasteiger partial charge in [0.05, 0.1) is 23.3 Å². The van der Waals surface area contributed by atoms with Crippen molar-refractivity contribution < 1.29 is 22.7 Å². The molecule has 1 fully saturated rings. The van der Waals surface area contributed by atoms with Crippen LogP contribution >= 0.6 is 15.9 Å². The number of carbonyl (C=O) groups excluding carboxylic acids is 1. The van der Waals surface area contributed by atoms with Gasteiger partial charge in [0.2, 0.25) is 10.0 Å². The molecule has 0 unspecified atom stereocenters. The summed E-state index contributed by atoms with van der Waals surface area (Å²) >= 11 is 3.51. The summed E-state index contributed by atoms with van der Waals surface area (Å²) in [4.78, 5) is 12.0. The number of carbonyl (C=O) groups is 1. The van der Waals surface area contributed by atoms with E-state index in [2.05, 4.69) is 21.2 Å². The van der Waals surface area contributed by atoms with Gasteiger partial charge in [-0.2, -0.15) is 0 Å². The molecule has 1 saturated heterocycles. The van der Waals surface area contributed by atoms with Gasteiger partial charge in [-0.1, -0.05) is 30.4 Å². The van der Waals surface area contributed by atoms with Crippen LogP contribution in [0, 0.1) is 5.41 Å². The second-order valence-electron chi connectivity index (χ2n) is 8.22. The van der Waals surface area contributed by atoms with Gasteiger partial charge in [0.1, 0.15) is 17.7 Å². The fraction of sp³-hybridized carbons (Fsp3) is 0.360. The number of nitrogens with zero attached hydrogens (tertiary/aromatic N) is 1. The highest BCUT2D eigenvalue weighted by Crippen LogP contribution is 2.32. The van der Waals surface area contributed by atoms with Gasteiger partial charge in [-0.25, -0.2) is 8.42 Å². The highest BCUT2D eigenvalue weighted by Gasteiger charge is 2.27. The molecule has 9 nitrogen and oxygen atoms in total. The van der Waals surface area contributed by atoms with Crippen LogP contribution in [-0.2, 0) is 19.6 Å². The van der Waals surface area contributed by atoms with E-state index >= 15 is 0 Å². The topological polar surface area (TPSA) is 135 Å². The standard InChI is InChI=1S/C25H31BrN4O5S/c1-2-34-24(31)17-36(32,33)30(14-4-6-18-5-3-7-19(15-18)25(27)28)20-8-9-23(22(26)16-20)35-21-10-12-29-13-11-21/h3-9,15-16,21,29H,2,10-14,17H2,1H3,(H3,27,28)/b6-4+. The predicted octanol–water partition coefficient (Wildman–Crippen LogP) is 3.28. The number of hydrogen-bond donors (Lipinski definition) is 3. The minimum Gasteiger partial charge on any atom is -0.489 e. The van der Waals surface area contributed by atoms with Gasteiger partial charge in [-0.15, -0.1) is 0 Å². The van der Waals surface area contributed by atoms with Crippen LogP contribution in [0.4, 0.5) is 5.69 Å². The first kappa shape index (κ1) is 27.7. The quantitative estimate of drug-likeness (QED) is 0.211. The predicted molar refractivity (Wildman–Crippen MR) is 145 cm³/mol. The molecule has 1 aliphatic heterocycles. The third-order valence-corrected chi connectivity index (χ3v) is 7.76. The van der Waals surface area contributed by atoms with E-state index in [1.54, 1.807) is 55.5 Å². The smallest absolute Gasteiger partial charge is 0.323 e. The summed E-state index contributed by atoms with van der Waals surface area (Å²) in [5, 5.41) is 10.9. The van der Waals surface area contributed by atoms with E-state index < -0.39 is 21.7 Å². The summed E-state index contributed by atoms with van der Waals surface area (Å²) in [7, 11) is -4.05. The molecule has 0 saturated carbocycles. The van der Waals surface area contributed by atoms with Crippen molar-refractivity contribution in [2.75, 3.05) is 36.3 Å². The Morgan fingerprint density at radius 2 is 2.00 bits per heavy atom.